The third-order valence-electron chi connectivity index (χ3n) is 5.73. The molecule has 31 heavy (non-hydrogen) atoms. The quantitative estimate of drug-likeness (QED) is 0.159. The molecule has 1 aliphatic rings. The molecule has 0 atom stereocenters. The van der Waals surface area contributed by atoms with Crippen LogP contribution in [-0.2, 0) is 19.3 Å². The van der Waals surface area contributed by atoms with Gasteiger partial charge in [-0.2, -0.15) is 0 Å². The Morgan fingerprint density at radius 2 is 1.84 bits per heavy atom. The fourth-order valence-electron chi connectivity index (χ4n) is 3.67. The normalized spacial score (nSPS) is 13.5. The Morgan fingerprint density at radius 1 is 1.10 bits per heavy atom. The molecule has 0 saturated carbocycles. The second-order valence-electron chi connectivity index (χ2n) is 8.05. The number of benzene rings is 2. The Bertz CT molecular complexity index is 889. The van der Waals surface area contributed by atoms with E-state index in [0.717, 1.165) is 24.4 Å². The van der Waals surface area contributed by atoms with Crippen LogP contribution in [0, 0.1) is 6.92 Å². The van der Waals surface area contributed by atoms with Gasteiger partial charge in [-0.3, -0.25) is 0 Å². The van der Waals surface area contributed by atoms with E-state index in [1.165, 1.54) is 47.9 Å². The number of halogens is 1. The van der Waals surface area contributed by atoms with Gasteiger partial charge in [-0.1, -0.05) is 46.3 Å². The van der Waals surface area contributed by atoms with E-state index in [1.807, 2.05) is 31.0 Å². The average Bonchev–Trinajstić information content (AvgIpc) is 2.81. The van der Waals surface area contributed by atoms with Crippen LogP contribution in [0.15, 0.2) is 46.8 Å². The zero-order chi connectivity index (χ0) is 22.6. The highest BCUT2D eigenvalue weighted by Gasteiger charge is 2.09. The number of fused-ring (bicyclic) bond motifs is 1. The van der Waals surface area contributed by atoms with Gasteiger partial charge in [-0.15, -0.1) is 11.8 Å². The van der Waals surface area contributed by atoms with Crippen LogP contribution < -0.4 is 0 Å². The van der Waals surface area contributed by atoms with E-state index in [2.05, 4.69) is 88.4 Å². The zero-order valence-electron chi connectivity index (χ0n) is 19.7. The van der Waals surface area contributed by atoms with Gasteiger partial charge in [0.2, 0.25) is 0 Å². The summed E-state index contributed by atoms with van der Waals surface area (Å²) in [5.41, 5.74) is 9.58. The first kappa shape index (κ1) is 25.7. The molecule has 0 N–H and O–H groups in total. The number of hydrogen-bond donors (Lipinski definition) is 0. The van der Waals surface area contributed by atoms with Crippen molar-refractivity contribution in [1.82, 2.24) is 4.90 Å². The van der Waals surface area contributed by atoms with Crippen molar-refractivity contribution < 1.29 is 0 Å². The lowest BCUT2D eigenvalue weighted by molar-refractivity contribution is 0.552. The molecule has 0 heterocycles. The molecule has 0 spiro atoms. The van der Waals surface area contributed by atoms with Gasteiger partial charge in [0.1, 0.15) is 0 Å². The van der Waals surface area contributed by atoms with Crippen LogP contribution in [0.5, 0.6) is 0 Å². The first-order valence-electron chi connectivity index (χ1n) is 11.2. The monoisotopic (exact) mass is 500 g/mol. The SMILES string of the molecule is CBr.CCN(C)C=Nc1ccc(CCS/C=C(\C)c2ccc3c(c2)CCCC3)cc1C. The summed E-state index contributed by atoms with van der Waals surface area (Å²) in [7, 11) is 2.05. The van der Waals surface area contributed by atoms with E-state index in [4.69, 9.17) is 0 Å². The topological polar surface area (TPSA) is 15.6 Å². The highest BCUT2D eigenvalue weighted by Crippen LogP contribution is 2.27. The molecule has 0 fully saturated rings. The summed E-state index contributed by atoms with van der Waals surface area (Å²) < 4.78 is 0. The highest BCUT2D eigenvalue weighted by atomic mass is 79.9. The van der Waals surface area contributed by atoms with Crippen LogP contribution in [-0.4, -0.2) is 36.4 Å². The van der Waals surface area contributed by atoms with Gasteiger partial charge < -0.3 is 4.90 Å². The van der Waals surface area contributed by atoms with Gasteiger partial charge in [0.25, 0.3) is 0 Å². The minimum atomic E-state index is 0.968. The summed E-state index contributed by atoms with van der Waals surface area (Å²) in [5, 5.41) is 2.33. The summed E-state index contributed by atoms with van der Waals surface area (Å²) in [5.74, 6) is 2.91. The maximum absolute atomic E-state index is 4.59. The van der Waals surface area contributed by atoms with Gasteiger partial charge >= 0.3 is 0 Å². The Kier molecular flexibility index (Phi) is 11.5. The minimum absolute atomic E-state index is 0.968. The number of alkyl halides is 1. The molecule has 3 rings (SSSR count). The standard InChI is InChI=1S/C26H34N2S.CH3Br/c1-5-28(4)19-27-26-13-10-22(16-20(26)2)14-15-29-18-21(3)24-12-11-23-8-6-7-9-25(23)17-24;1-2/h10-13,16-19H,5-9,14-15H2,1-4H3;1H3/b21-18+,27-19?;. The van der Waals surface area contributed by atoms with Crippen molar-refractivity contribution in [3.8, 4) is 0 Å². The number of nitrogens with zero attached hydrogens (tertiary/aromatic N) is 2. The first-order valence-corrected chi connectivity index (χ1v) is 13.8. The van der Waals surface area contributed by atoms with E-state index in [0.29, 0.717) is 0 Å². The molecule has 2 aromatic rings. The molecule has 0 amide bonds. The number of rotatable bonds is 8. The van der Waals surface area contributed by atoms with Crippen LogP contribution in [0.4, 0.5) is 5.69 Å². The molecule has 2 aromatic carbocycles. The van der Waals surface area contributed by atoms with Crippen molar-refractivity contribution in [1.29, 1.82) is 0 Å². The molecule has 168 valence electrons. The molecule has 0 radical (unpaired) electrons. The molecular formula is C27H37BrN2S. The predicted molar refractivity (Wildman–Crippen MR) is 145 cm³/mol. The van der Waals surface area contributed by atoms with E-state index in [-0.39, 0.29) is 0 Å². The fourth-order valence-corrected chi connectivity index (χ4v) is 4.53. The summed E-state index contributed by atoms with van der Waals surface area (Å²) in [6.45, 7) is 7.48. The molecule has 0 bridgehead atoms. The zero-order valence-corrected chi connectivity index (χ0v) is 22.2. The van der Waals surface area contributed by atoms with Crippen molar-refractivity contribution in [2.45, 2.75) is 52.9 Å². The second-order valence-corrected chi connectivity index (χ2v) is 9.03. The molecule has 0 unspecified atom stereocenters. The van der Waals surface area contributed by atoms with Gasteiger partial charge in [0.05, 0.1) is 12.0 Å². The third-order valence-corrected chi connectivity index (χ3v) is 6.69. The van der Waals surface area contributed by atoms with Crippen molar-refractivity contribution in [2.24, 2.45) is 4.99 Å². The van der Waals surface area contributed by atoms with E-state index in [1.54, 1.807) is 11.1 Å². The molecule has 0 saturated heterocycles. The second kappa shape index (κ2) is 13.8. The summed E-state index contributed by atoms with van der Waals surface area (Å²) in [6, 6.07) is 13.7. The molecule has 1 aliphatic carbocycles. The van der Waals surface area contributed by atoms with Crippen LogP contribution in [0.2, 0.25) is 0 Å². The van der Waals surface area contributed by atoms with Crippen LogP contribution in [0.3, 0.4) is 0 Å². The van der Waals surface area contributed by atoms with Crippen molar-refractivity contribution in [2.75, 3.05) is 25.2 Å². The largest absolute Gasteiger partial charge is 0.366 e. The number of allylic oxidation sites excluding steroid dienone is 1. The fraction of sp³-hybridized carbons (Fsp3) is 0.444. The van der Waals surface area contributed by atoms with Crippen molar-refractivity contribution >= 4 is 45.3 Å². The number of thioether (sulfide) groups is 1. The van der Waals surface area contributed by atoms with Crippen LogP contribution in [0.1, 0.15) is 54.5 Å². The molecule has 0 aromatic heterocycles. The van der Waals surface area contributed by atoms with Crippen LogP contribution in [0.25, 0.3) is 5.57 Å². The lowest BCUT2D eigenvalue weighted by Crippen LogP contribution is -2.14. The summed E-state index contributed by atoms with van der Waals surface area (Å²) in [4.78, 5) is 6.67. The number of aliphatic imine (C=N–C) groups is 1. The van der Waals surface area contributed by atoms with Gasteiger partial charge in [0, 0.05) is 19.3 Å². The van der Waals surface area contributed by atoms with Crippen molar-refractivity contribution in [3.05, 3.63) is 69.6 Å². The maximum atomic E-state index is 4.59. The number of hydrogen-bond acceptors (Lipinski definition) is 2. The van der Waals surface area contributed by atoms with E-state index >= 15 is 0 Å². The van der Waals surface area contributed by atoms with E-state index < -0.39 is 0 Å². The maximum Gasteiger partial charge on any atom is 0.0909 e. The minimum Gasteiger partial charge on any atom is -0.366 e. The Labute approximate surface area is 202 Å². The van der Waals surface area contributed by atoms with Gasteiger partial charge in [-0.25, -0.2) is 4.99 Å². The Hall–Kier alpha value is -1.52. The molecule has 4 heteroatoms. The molecular weight excluding hydrogens is 464 g/mol. The third kappa shape index (κ3) is 8.16. The summed E-state index contributed by atoms with van der Waals surface area (Å²) >= 11 is 4.85. The van der Waals surface area contributed by atoms with Crippen LogP contribution >= 0.6 is 27.7 Å². The molecule has 2 nitrogen and oxygen atoms in total. The Balaban J connectivity index is 0.00000166. The number of aryl methyl sites for hydroxylation is 4. The van der Waals surface area contributed by atoms with Crippen molar-refractivity contribution in [3.63, 3.8) is 0 Å². The lowest BCUT2D eigenvalue weighted by atomic mass is 9.89. The Morgan fingerprint density at radius 3 is 2.55 bits per heavy atom. The highest BCUT2D eigenvalue weighted by molar-refractivity contribution is 9.08. The summed E-state index contributed by atoms with van der Waals surface area (Å²) in [6.07, 6.45) is 8.18. The van der Waals surface area contributed by atoms with E-state index in [9.17, 15) is 0 Å². The molecule has 0 aliphatic heterocycles. The van der Waals surface area contributed by atoms with Gasteiger partial charge in [-0.05, 0) is 104 Å². The first-order chi connectivity index (χ1) is 15.1. The lowest BCUT2D eigenvalue weighted by Gasteiger charge is -2.16. The average molecular weight is 502 g/mol. The smallest absolute Gasteiger partial charge is 0.0909 e. The van der Waals surface area contributed by atoms with Gasteiger partial charge in [0.15, 0.2) is 0 Å². The predicted octanol–water partition coefficient (Wildman–Crippen LogP) is 7.83.